The van der Waals surface area contributed by atoms with E-state index in [0.29, 0.717) is 30.9 Å². The highest BCUT2D eigenvalue weighted by Gasteiger charge is 2.48. The number of hydrogen-bond acceptors (Lipinski definition) is 3. The molecule has 72 valence electrons. The standard InChI is InChI=1S/C10H14O3/c1-2-13-9(11)8-5-7-3-4-10(8,12)6-7/h5,7,12H,2-4,6H2,1H3/t7-,10+/m1/s1. The van der Waals surface area contributed by atoms with Gasteiger partial charge >= 0.3 is 5.97 Å². The van der Waals surface area contributed by atoms with E-state index < -0.39 is 5.60 Å². The van der Waals surface area contributed by atoms with Crippen LogP contribution in [-0.2, 0) is 9.53 Å². The molecule has 2 aliphatic carbocycles. The van der Waals surface area contributed by atoms with E-state index in [0.717, 1.165) is 6.42 Å². The van der Waals surface area contributed by atoms with Crippen molar-refractivity contribution in [2.24, 2.45) is 5.92 Å². The summed E-state index contributed by atoms with van der Waals surface area (Å²) < 4.78 is 4.88. The Kier molecular flexibility index (Phi) is 1.91. The van der Waals surface area contributed by atoms with E-state index >= 15 is 0 Å². The lowest BCUT2D eigenvalue weighted by atomic mass is 9.94. The van der Waals surface area contributed by atoms with E-state index in [4.69, 9.17) is 4.74 Å². The highest BCUT2D eigenvalue weighted by Crippen LogP contribution is 2.47. The van der Waals surface area contributed by atoms with Gasteiger partial charge in [-0.1, -0.05) is 6.08 Å². The average Bonchev–Trinajstić information content (AvgIpc) is 2.59. The number of allylic oxidation sites excluding steroid dienone is 1. The predicted octanol–water partition coefficient (Wildman–Crippen LogP) is 1.02. The Morgan fingerprint density at radius 3 is 3.08 bits per heavy atom. The number of carbonyl (C=O) groups is 1. The van der Waals surface area contributed by atoms with Gasteiger partial charge in [0.15, 0.2) is 0 Å². The topological polar surface area (TPSA) is 46.5 Å². The van der Waals surface area contributed by atoms with Crippen LogP contribution in [-0.4, -0.2) is 23.3 Å². The molecule has 2 bridgehead atoms. The molecule has 0 unspecified atom stereocenters. The highest BCUT2D eigenvalue weighted by atomic mass is 16.5. The van der Waals surface area contributed by atoms with E-state index in [-0.39, 0.29) is 5.97 Å². The van der Waals surface area contributed by atoms with Crippen molar-refractivity contribution in [3.8, 4) is 0 Å². The summed E-state index contributed by atoms with van der Waals surface area (Å²) in [5, 5.41) is 10.0. The molecule has 0 aromatic heterocycles. The molecular weight excluding hydrogens is 168 g/mol. The quantitative estimate of drug-likeness (QED) is 0.648. The number of ether oxygens (including phenoxy) is 1. The Hall–Kier alpha value is -0.830. The molecule has 0 heterocycles. The van der Waals surface area contributed by atoms with E-state index in [9.17, 15) is 9.90 Å². The monoisotopic (exact) mass is 182 g/mol. The minimum Gasteiger partial charge on any atom is -0.463 e. The minimum atomic E-state index is -0.864. The first kappa shape index (κ1) is 8.75. The zero-order chi connectivity index (χ0) is 9.47. The largest absolute Gasteiger partial charge is 0.463 e. The molecule has 0 amide bonds. The lowest BCUT2D eigenvalue weighted by Gasteiger charge is -2.21. The normalized spacial score (nSPS) is 36.2. The van der Waals surface area contributed by atoms with E-state index in [1.165, 1.54) is 0 Å². The van der Waals surface area contributed by atoms with Gasteiger partial charge in [0.2, 0.25) is 0 Å². The number of hydrogen-bond donors (Lipinski definition) is 1. The van der Waals surface area contributed by atoms with Gasteiger partial charge < -0.3 is 9.84 Å². The van der Waals surface area contributed by atoms with Crippen molar-refractivity contribution in [1.82, 2.24) is 0 Å². The van der Waals surface area contributed by atoms with Crippen LogP contribution >= 0.6 is 0 Å². The van der Waals surface area contributed by atoms with Crippen LogP contribution in [0.1, 0.15) is 26.2 Å². The maximum atomic E-state index is 11.4. The maximum Gasteiger partial charge on any atom is 0.336 e. The summed E-state index contributed by atoms with van der Waals surface area (Å²) in [4.78, 5) is 11.4. The fourth-order valence-corrected chi connectivity index (χ4v) is 2.31. The zero-order valence-corrected chi connectivity index (χ0v) is 7.75. The summed E-state index contributed by atoms with van der Waals surface area (Å²) >= 11 is 0. The molecule has 13 heavy (non-hydrogen) atoms. The fraction of sp³-hybridized carbons (Fsp3) is 0.700. The molecule has 0 aromatic carbocycles. The molecule has 1 saturated carbocycles. The SMILES string of the molecule is CCOC(=O)C1=C[C@H]2CC[C@]1(O)C2. The third kappa shape index (κ3) is 1.27. The van der Waals surface area contributed by atoms with Crippen LogP contribution in [0.5, 0.6) is 0 Å². The first-order valence-corrected chi connectivity index (χ1v) is 4.77. The van der Waals surface area contributed by atoms with Crippen LogP contribution in [0.15, 0.2) is 11.6 Å². The van der Waals surface area contributed by atoms with Gasteiger partial charge in [-0.15, -0.1) is 0 Å². The molecule has 0 saturated heterocycles. The summed E-state index contributed by atoms with van der Waals surface area (Å²) in [5.41, 5.74) is -0.373. The van der Waals surface area contributed by atoms with Crippen LogP contribution in [0.2, 0.25) is 0 Å². The van der Waals surface area contributed by atoms with Crippen LogP contribution in [0, 0.1) is 5.92 Å². The fourth-order valence-electron chi connectivity index (χ4n) is 2.31. The molecule has 0 spiro atoms. The third-order valence-corrected chi connectivity index (χ3v) is 2.93. The van der Waals surface area contributed by atoms with Crippen LogP contribution in [0.3, 0.4) is 0 Å². The number of aliphatic hydroxyl groups is 1. The van der Waals surface area contributed by atoms with Gasteiger partial charge in [-0.05, 0) is 32.1 Å². The summed E-state index contributed by atoms with van der Waals surface area (Å²) in [6.07, 6.45) is 4.30. The van der Waals surface area contributed by atoms with Gasteiger partial charge in [-0.3, -0.25) is 0 Å². The maximum absolute atomic E-state index is 11.4. The van der Waals surface area contributed by atoms with Crippen molar-refractivity contribution >= 4 is 5.97 Å². The van der Waals surface area contributed by atoms with Crippen molar-refractivity contribution in [2.45, 2.75) is 31.8 Å². The Bertz CT molecular complexity index is 269. The van der Waals surface area contributed by atoms with E-state index in [1.54, 1.807) is 6.92 Å². The van der Waals surface area contributed by atoms with Gasteiger partial charge in [0, 0.05) is 0 Å². The summed E-state index contributed by atoms with van der Waals surface area (Å²) in [6, 6.07) is 0. The van der Waals surface area contributed by atoms with Gasteiger partial charge in [-0.25, -0.2) is 4.79 Å². The van der Waals surface area contributed by atoms with Gasteiger partial charge in [0.05, 0.1) is 17.8 Å². The molecule has 3 nitrogen and oxygen atoms in total. The lowest BCUT2D eigenvalue weighted by Crippen LogP contribution is -2.30. The Labute approximate surface area is 77.4 Å². The van der Waals surface area contributed by atoms with Crippen LogP contribution < -0.4 is 0 Å². The predicted molar refractivity (Wildman–Crippen MR) is 47.0 cm³/mol. The van der Waals surface area contributed by atoms with E-state index in [2.05, 4.69) is 0 Å². The molecule has 0 aliphatic heterocycles. The molecule has 2 rings (SSSR count). The molecule has 2 aliphatic rings. The van der Waals surface area contributed by atoms with Gasteiger partial charge in [-0.2, -0.15) is 0 Å². The number of fused-ring (bicyclic) bond motifs is 2. The van der Waals surface area contributed by atoms with Crippen molar-refractivity contribution in [1.29, 1.82) is 0 Å². The second-order valence-electron chi connectivity index (χ2n) is 3.84. The average molecular weight is 182 g/mol. The van der Waals surface area contributed by atoms with Crippen molar-refractivity contribution in [2.75, 3.05) is 6.61 Å². The minimum absolute atomic E-state index is 0.341. The first-order chi connectivity index (χ1) is 6.15. The summed E-state index contributed by atoms with van der Waals surface area (Å²) in [5.74, 6) is 0.0524. The zero-order valence-electron chi connectivity index (χ0n) is 7.75. The van der Waals surface area contributed by atoms with Gasteiger partial charge in [0.1, 0.15) is 0 Å². The summed E-state index contributed by atoms with van der Waals surface area (Å²) in [6.45, 7) is 2.15. The van der Waals surface area contributed by atoms with Crippen LogP contribution in [0.25, 0.3) is 0 Å². The highest BCUT2D eigenvalue weighted by molar-refractivity contribution is 5.91. The third-order valence-electron chi connectivity index (χ3n) is 2.93. The Morgan fingerprint density at radius 2 is 2.62 bits per heavy atom. The molecule has 3 heteroatoms. The number of esters is 1. The van der Waals surface area contributed by atoms with Crippen molar-refractivity contribution < 1.29 is 14.6 Å². The van der Waals surface area contributed by atoms with Crippen molar-refractivity contribution in [3.05, 3.63) is 11.6 Å². The van der Waals surface area contributed by atoms with Crippen molar-refractivity contribution in [3.63, 3.8) is 0 Å². The van der Waals surface area contributed by atoms with E-state index in [1.807, 2.05) is 6.08 Å². The lowest BCUT2D eigenvalue weighted by molar-refractivity contribution is -0.140. The molecule has 1 N–H and O–H groups in total. The van der Waals surface area contributed by atoms with Gasteiger partial charge in [0.25, 0.3) is 0 Å². The Balaban J connectivity index is 2.17. The number of carbonyl (C=O) groups excluding carboxylic acids is 1. The molecule has 2 atom stereocenters. The van der Waals surface area contributed by atoms with Crippen LogP contribution in [0.4, 0.5) is 0 Å². The second-order valence-corrected chi connectivity index (χ2v) is 3.84. The molecule has 0 radical (unpaired) electrons. The molecule has 1 fully saturated rings. The second kappa shape index (κ2) is 2.84. The molecular formula is C10H14O3. The Morgan fingerprint density at radius 1 is 1.85 bits per heavy atom. The molecule has 0 aromatic rings. The first-order valence-electron chi connectivity index (χ1n) is 4.77. The number of rotatable bonds is 2. The summed E-state index contributed by atoms with van der Waals surface area (Å²) in [7, 11) is 0. The smallest absolute Gasteiger partial charge is 0.336 e.